The lowest BCUT2D eigenvalue weighted by Gasteiger charge is -2.31. The number of esters is 1. The summed E-state index contributed by atoms with van der Waals surface area (Å²) in [5.74, 6) is -2.97. The topological polar surface area (TPSA) is 167 Å². The normalized spacial score (nSPS) is 30.1. The molecule has 0 aromatic carbocycles. The summed E-state index contributed by atoms with van der Waals surface area (Å²) in [6.07, 6.45) is -5.54. The second-order valence-electron chi connectivity index (χ2n) is 3.99. The van der Waals surface area contributed by atoms with Crippen LogP contribution in [-0.2, 0) is 18.9 Å². The van der Waals surface area contributed by atoms with E-state index in [4.69, 9.17) is 4.89 Å². The Morgan fingerprint density at radius 3 is 2.53 bits per heavy atom. The molecule has 0 aromatic rings. The second-order valence-corrected chi connectivity index (χ2v) is 5.58. The molecule has 0 saturated heterocycles. The predicted octanol–water partition coefficient (Wildman–Crippen LogP) is -3.75. The van der Waals surface area contributed by atoms with Crippen molar-refractivity contribution in [2.75, 3.05) is 6.16 Å². The summed E-state index contributed by atoms with van der Waals surface area (Å²) in [5, 5.41) is 29.4. The van der Waals surface area contributed by atoms with Crippen LogP contribution in [0.5, 0.6) is 0 Å². The van der Waals surface area contributed by atoms with E-state index in [1.54, 1.807) is 0 Å². The molecule has 19 heavy (non-hydrogen) atoms. The van der Waals surface area contributed by atoms with Gasteiger partial charge in [-0.1, -0.05) is 0 Å². The van der Waals surface area contributed by atoms with Crippen LogP contribution in [0.4, 0.5) is 0 Å². The van der Waals surface area contributed by atoms with Gasteiger partial charge in [0.1, 0.15) is 32.1 Å². The van der Waals surface area contributed by atoms with Crippen molar-refractivity contribution in [3.8, 4) is 0 Å². The van der Waals surface area contributed by atoms with Crippen molar-refractivity contribution >= 4 is 19.5 Å². The van der Waals surface area contributed by atoms with Gasteiger partial charge in [-0.15, -0.1) is 0 Å². The highest BCUT2D eigenvalue weighted by Crippen LogP contribution is 2.29. The van der Waals surface area contributed by atoms with Gasteiger partial charge in [0.25, 0.3) is 0 Å². The quantitative estimate of drug-likeness (QED) is 0.348. The number of carboxylic acid groups (broad SMARTS) is 1. The lowest BCUT2D eigenvalue weighted by molar-refractivity contribution is -0.300. The lowest BCUT2D eigenvalue weighted by Crippen LogP contribution is -2.45. The number of hydrogen-bond acceptors (Lipinski definition) is 8. The Hall–Kier alpha value is -1.25. The van der Waals surface area contributed by atoms with E-state index in [-0.39, 0.29) is 5.57 Å². The molecular formula is C9H11O9P-2. The van der Waals surface area contributed by atoms with Gasteiger partial charge in [-0.2, -0.15) is 0 Å². The molecule has 0 radical (unpaired) electrons. The Labute approximate surface area is 107 Å². The van der Waals surface area contributed by atoms with E-state index in [0.29, 0.717) is 0 Å². The standard InChI is InChI=1S/C9H13O9P/c10-5-1-4(9(13)14)2-6(8(5)12)18-7(11)3-19(15,16)17/h1,5-6,8,10,12H,2-3H2,(H,13,14)(H2,15,16,17)/p-2/t5-,6-,8-/m1/s1. The number of aliphatic hydroxyl groups is 2. The number of carbonyl (C=O) groups excluding carboxylic acids is 2. The number of hydrogen-bond donors (Lipinski definition) is 3. The Morgan fingerprint density at radius 2 is 2.05 bits per heavy atom. The van der Waals surface area contributed by atoms with Gasteiger partial charge in [-0.05, 0) is 11.6 Å². The van der Waals surface area contributed by atoms with Gasteiger partial charge >= 0.3 is 5.97 Å². The Balaban J connectivity index is 2.73. The van der Waals surface area contributed by atoms with Gasteiger partial charge in [0, 0.05) is 6.42 Å². The molecule has 1 unspecified atom stereocenters. The van der Waals surface area contributed by atoms with Crippen molar-refractivity contribution in [2.45, 2.75) is 24.7 Å². The van der Waals surface area contributed by atoms with Crippen molar-refractivity contribution < 1.29 is 44.0 Å². The monoisotopic (exact) mass is 294 g/mol. The molecule has 3 N–H and O–H groups in total. The Bertz CT molecular complexity index is 451. The summed E-state index contributed by atoms with van der Waals surface area (Å²) in [7, 11) is -4.87. The van der Waals surface area contributed by atoms with Gasteiger partial charge in [-0.3, -0.25) is 4.79 Å². The number of carbonyl (C=O) groups is 2. The first-order valence-corrected chi connectivity index (χ1v) is 6.87. The summed E-state index contributed by atoms with van der Waals surface area (Å²) in [5.41, 5.74) is -0.384. The van der Waals surface area contributed by atoms with Crippen LogP contribution in [0.1, 0.15) is 6.42 Å². The summed E-state index contributed by atoms with van der Waals surface area (Å²) in [6, 6.07) is 0. The summed E-state index contributed by atoms with van der Waals surface area (Å²) >= 11 is 0. The molecule has 0 aliphatic heterocycles. The maximum Gasteiger partial charge on any atom is 0.314 e. The minimum atomic E-state index is -4.87. The van der Waals surface area contributed by atoms with E-state index in [0.717, 1.165) is 6.08 Å². The molecule has 0 fully saturated rings. The molecule has 0 spiro atoms. The molecule has 1 aliphatic carbocycles. The van der Waals surface area contributed by atoms with Crippen LogP contribution in [0.2, 0.25) is 0 Å². The first kappa shape index (κ1) is 15.8. The Kier molecular flexibility index (Phi) is 4.83. The fourth-order valence-corrected chi connectivity index (χ4v) is 1.96. The van der Waals surface area contributed by atoms with Crippen LogP contribution in [0.15, 0.2) is 11.6 Å². The molecule has 0 saturated carbocycles. The smallest absolute Gasteiger partial charge is 0.314 e. The molecule has 4 atom stereocenters. The molecule has 9 nitrogen and oxygen atoms in total. The van der Waals surface area contributed by atoms with Crippen molar-refractivity contribution in [1.29, 1.82) is 0 Å². The highest BCUT2D eigenvalue weighted by molar-refractivity contribution is 7.51. The summed E-state index contributed by atoms with van der Waals surface area (Å²) in [4.78, 5) is 40.6. The third-order valence-electron chi connectivity index (χ3n) is 2.40. The van der Waals surface area contributed by atoms with E-state index < -0.39 is 50.4 Å². The number of ether oxygens (including phenoxy) is 1. The van der Waals surface area contributed by atoms with Crippen molar-refractivity contribution in [3.05, 3.63) is 11.6 Å². The highest BCUT2D eigenvalue weighted by atomic mass is 31.2. The molecule has 10 heteroatoms. The fraction of sp³-hybridized carbons (Fsp3) is 0.556. The largest absolute Gasteiger partial charge is 0.778 e. The van der Waals surface area contributed by atoms with Crippen molar-refractivity contribution in [2.24, 2.45) is 0 Å². The molecule has 1 aliphatic rings. The van der Waals surface area contributed by atoms with E-state index in [2.05, 4.69) is 4.74 Å². The predicted molar refractivity (Wildman–Crippen MR) is 54.3 cm³/mol. The van der Waals surface area contributed by atoms with E-state index in [1.807, 2.05) is 0 Å². The van der Waals surface area contributed by atoms with Crippen LogP contribution >= 0.6 is 7.60 Å². The molecular weight excluding hydrogens is 283 g/mol. The average molecular weight is 294 g/mol. The second kappa shape index (κ2) is 5.81. The minimum Gasteiger partial charge on any atom is -0.778 e. The van der Waals surface area contributed by atoms with E-state index >= 15 is 0 Å². The average Bonchev–Trinajstić information content (AvgIpc) is 2.21. The van der Waals surface area contributed by atoms with Crippen molar-refractivity contribution in [3.63, 3.8) is 0 Å². The third-order valence-corrected chi connectivity index (χ3v) is 3.06. The summed E-state index contributed by atoms with van der Waals surface area (Å²) < 4.78 is 15.0. The number of aliphatic carboxylic acids is 1. The number of rotatable bonds is 4. The number of carboxylic acids is 1. The molecule has 0 bridgehead atoms. The van der Waals surface area contributed by atoms with E-state index in [1.165, 1.54) is 0 Å². The van der Waals surface area contributed by atoms with Gasteiger partial charge < -0.3 is 39.2 Å². The zero-order valence-electron chi connectivity index (χ0n) is 9.46. The molecule has 0 aromatic heterocycles. The van der Waals surface area contributed by atoms with Crippen LogP contribution in [-0.4, -0.2) is 51.5 Å². The van der Waals surface area contributed by atoms with Gasteiger partial charge in [0.2, 0.25) is 0 Å². The molecule has 1 rings (SSSR count). The lowest BCUT2D eigenvalue weighted by atomic mass is 9.92. The van der Waals surface area contributed by atoms with Crippen molar-refractivity contribution in [1.82, 2.24) is 0 Å². The number of aliphatic hydroxyl groups excluding tert-OH is 2. The van der Waals surface area contributed by atoms with Crippen LogP contribution in [0, 0.1) is 0 Å². The SMILES string of the molecule is O=C(CP(=O)([O-])O)O[C@@H]1CC(C(=O)[O-])=C[C@@H](O)[C@H]1O. The van der Waals surface area contributed by atoms with Gasteiger partial charge in [-0.25, -0.2) is 0 Å². The maximum absolute atomic E-state index is 11.1. The van der Waals surface area contributed by atoms with Crippen LogP contribution in [0.25, 0.3) is 0 Å². The van der Waals surface area contributed by atoms with Gasteiger partial charge in [0.15, 0.2) is 0 Å². The molecule has 108 valence electrons. The van der Waals surface area contributed by atoms with Gasteiger partial charge in [0.05, 0.1) is 5.97 Å². The third kappa shape index (κ3) is 4.73. The minimum absolute atomic E-state index is 0.384. The first-order chi connectivity index (χ1) is 8.60. The zero-order valence-corrected chi connectivity index (χ0v) is 10.4. The summed E-state index contributed by atoms with van der Waals surface area (Å²) in [6.45, 7) is 0. The molecule has 0 heterocycles. The first-order valence-electron chi connectivity index (χ1n) is 5.10. The Morgan fingerprint density at radius 1 is 1.47 bits per heavy atom. The fourth-order valence-electron chi connectivity index (χ4n) is 1.56. The molecule has 0 amide bonds. The highest BCUT2D eigenvalue weighted by Gasteiger charge is 2.34. The maximum atomic E-state index is 11.1. The zero-order chi connectivity index (χ0) is 14.8. The van der Waals surface area contributed by atoms with Crippen LogP contribution < -0.4 is 10.00 Å². The van der Waals surface area contributed by atoms with Crippen LogP contribution in [0.3, 0.4) is 0 Å². The van der Waals surface area contributed by atoms with E-state index in [9.17, 15) is 34.4 Å².